The van der Waals surface area contributed by atoms with Crippen LogP contribution < -0.4 is 16.2 Å². The molecule has 0 radical (unpaired) electrons. The number of nitrogens with two attached hydrogens (primary N) is 1. The van der Waals surface area contributed by atoms with Crippen LogP contribution in [0.3, 0.4) is 0 Å². The maximum absolute atomic E-state index is 5.47. The summed E-state index contributed by atoms with van der Waals surface area (Å²) < 4.78 is 7.06. The van der Waals surface area contributed by atoms with Crippen molar-refractivity contribution in [1.29, 1.82) is 0 Å². The van der Waals surface area contributed by atoms with E-state index in [2.05, 4.69) is 34.1 Å². The average Bonchev–Trinajstić information content (AvgIpc) is 2.86. The minimum Gasteiger partial charge on any atom is -0.383 e. The third-order valence-corrected chi connectivity index (χ3v) is 2.94. The van der Waals surface area contributed by atoms with Gasteiger partial charge >= 0.3 is 0 Å². The Morgan fingerprint density at radius 1 is 1.53 bits per heavy atom. The van der Waals surface area contributed by atoms with E-state index in [1.54, 1.807) is 19.5 Å². The van der Waals surface area contributed by atoms with Crippen molar-refractivity contribution in [3.63, 3.8) is 0 Å². The number of hydrogen-bond acceptors (Lipinski definition) is 6. The Labute approximate surface area is 112 Å². The highest BCUT2D eigenvalue weighted by Gasteiger charge is 2.17. The van der Waals surface area contributed by atoms with Gasteiger partial charge in [0.05, 0.1) is 12.8 Å². The van der Waals surface area contributed by atoms with Crippen LogP contribution in [0, 0.1) is 0 Å². The molecule has 0 aliphatic carbocycles. The van der Waals surface area contributed by atoms with Crippen molar-refractivity contribution < 1.29 is 4.74 Å². The molecule has 0 atom stereocenters. The molecular weight excluding hydrogens is 244 g/mol. The topological polar surface area (TPSA) is 80.7 Å². The number of methoxy groups -OCH3 is 1. The van der Waals surface area contributed by atoms with E-state index >= 15 is 0 Å². The summed E-state index contributed by atoms with van der Waals surface area (Å²) >= 11 is 0. The number of nitrogens with one attached hydrogen (secondary N) is 1. The normalized spacial score (nSPS) is 11.2. The highest BCUT2D eigenvalue weighted by Crippen LogP contribution is 2.22. The zero-order valence-corrected chi connectivity index (χ0v) is 11.5. The molecule has 0 saturated carbocycles. The SMILES string of the molecule is COCCN(c1nc(NN)cn2ccnc12)C(C)C. The molecular formula is C12H20N6O. The molecule has 0 amide bonds. The van der Waals surface area contributed by atoms with E-state index in [0.717, 1.165) is 18.0 Å². The van der Waals surface area contributed by atoms with Crippen molar-refractivity contribution in [3.8, 4) is 0 Å². The van der Waals surface area contributed by atoms with Crippen LogP contribution in [0.1, 0.15) is 13.8 Å². The van der Waals surface area contributed by atoms with Crippen molar-refractivity contribution in [2.75, 3.05) is 30.6 Å². The molecule has 19 heavy (non-hydrogen) atoms. The van der Waals surface area contributed by atoms with Gasteiger partial charge < -0.3 is 19.5 Å². The summed E-state index contributed by atoms with van der Waals surface area (Å²) in [5, 5.41) is 0. The first kappa shape index (κ1) is 13.6. The first-order valence-electron chi connectivity index (χ1n) is 6.23. The molecule has 2 rings (SSSR count). The maximum Gasteiger partial charge on any atom is 0.180 e. The number of imidazole rings is 1. The molecule has 2 aromatic heterocycles. The minimum atomic E-state index is 0.288. The first-order chi connectivity index (χ1) is 9.17. The lowest BCUT2D eigenvalue weighted by atomic mass is 10.3. The number of aromatic nitrogens is 3. The van der Waals surface area contributed by atoms with Gasteiger partial charge in [0, 0.05) is 32.1 Å². The van der Waals surface area contributed by atoms with E-state index < -0.39 is 0 Å². The van der Waals surface area contributed by atoms with Crippen molar-refractivity contribution in [1.82, 2.24) is 14.4 Å². The van der Waals surface area contributed by atoms with Crippen molar-refractivity contribution in [2.24, 2.45) is 5.84 Å². The second-order valence-electron chi connectivity index (χ2n) is 4.53. The van der Waals surface area contributed by atoms with Gasteiger partial charge in [0.1, 0.15) is 0 Å². The fraction of sp³-hybridized carbons (Fsp3) is 0.500. The molecule has 7 heteroatoms. The molecule has 2 aromatic rings. The zero-order chi connectivity index (χ0) is 13.8. The Morgan fingerprint density at radius 3 is 2.95 bits per heavy atom. The van der Waals surface area contributed by atoms with Gasteiger partial charge in [0.25, 0.3) is 0 Å². The van der Waals surface area contributed by atoms with E-state index in [1.165, 1.54) is 0 Å². The molecule has 0 spiro atoms. The molecule has 0 saturated heterocycles. The van der Waals surface area contributed by atoms with Gasteiger partial charge in [-0.1, -0.05) is 0 Å². The molecule has 3 N–H and O–H groups in total. The predicted octanol–water partition coefficient (Wildman–Crippen LogP) is 0.876. The average molecular weight is 264 g/mol. The number of nitrogens with zero attached hydrogens (tertiary/aromatic N) is 4. The second kappa shape index (κ2) is 5.85. The van der Waals surface area contributed by atoms with Gasteiger partial charge in [-0.05, 0) is 13.8 Å². The third kappa shape index (κ3) is 2.77. The lowest BCUT2D eigenvalue weighted by Crippen LogP contribution is -2.35. The fourth-order valence-electron chi connectivity index (χ4n) is 1.98. The highest BCUT2D eigenvalue weighted by atomic mass is 16.5. The largest absolute Gasteiger partial charge is 0.383 e. The van der Waals surface area contributed by atoms with E-state index in [4.69, 9.17) is 10.6 Å². The summed E-state index contributed by atoms with van der Waals surface area (Å²) in [6.07, 6.45) is 5.42. The van der Waals surface area contributed by atoms with Gasteiger partial charge in [-0.25, -0.2) is 15.8 Å². The Hall–Kier alpha value is -1.86. The molecule has 0 aliphatic heterocycles. The first-order valence-corrected chi connectivity index (χ1v) is 6.23. The molecule has 0 fully saturated rings. The molecule has 7 nitrogen and oxygen atoms in total. The number of fused-ring (bicyclic) bond motifs is 1. The van der Waals surface area contributed by atoms with Crippen LogP contribution >= 0.6 is 0 Å². The van der Waals surface area contributed by atoms with Crippen LogP contribution in [0.2, 0.25) is 0 Å². The van der Waals surface area contributed by atoms with Crippen LogP contribution in [-0.4, -0.2) is 40.7 Å². The number of nitrogen functional groups attached to an aromatic ring is 1. The van der Waals surface area contributed by atoms with E-state index in [1.807, 2.05) is 10.6 Å². The van der Waals surface area contributed by atoms with Crippen LogP contribution in [0.5, 0.6) is 0 Å². The quantitative estimate of drug-likeness (QED) is 0.595. The molecule has 0 unspecified atom stereocenters. The van der Waals surface area contributed by atoms with E-state index in [0.29, 0.717) is 12.4 Å². The van der Waals surface area contributed by atoms with E-state index in [9.17, 15) is 0 Å². The maximum atomic E-state index is 5.47. The molecule has 0 aromatic carbocycles. The fourth-order valence-corrected chi connectivity index (χ4v) is 1.98. The Morgan fingerprint density at radius 2 is 2.32 bits per heavy atom. The van der Waals surface area contributed by atoms with Crippen LogP contribution in [-0.2, 0) is 4.74 Å². The Bertz CT molecular complexity index is 538. The minimum absolute atomic E-state index is 0.288. The highest BCUT2D eigenvalue weighted by molar-refractivity contribution is 5.67. The third-order valence-electron chi connectivity index (χ3n) is 2.94. The number of anilines is 2. The summed E-state index contributed by atoms with van der Waals surface area (Å²) in [5.41, 5.74) is 3.39. The van der Waals surface area contributed by atoms with Gasteiger partial charge in [0.2, 0.25) is 0 Å². The van der Waals surface area contributed by atoms with Gasteiger partial charge in [-0.2, -0.15) is 0 Å². The lowest BCUT2D eigenvalue weighted by molar-refractivity contribution is 0.203. The summed E-state index contributed by atoms with van der Waals surface area (Å²) in [4.78, 5) is 11.0. The van der Waals surface area contributed by atoms with E-state index in [-0.39, 0.29) is 6.04 Å². The van der Waals surface area contributed by atoms with Gasteiger partial charge in [0.15, 0.2) is 17.3 Å². The van der Waals surface area contributed by atoms with Gasteiger partial charge in [-0.15, -0.1) is 0 Å². The smallest absolute Gasteiger partial charge is 0.180 e. The van der Waals surface area contributed by atoms with Crippen molar-refractivity contribution in [2.45, 2.75) is 19.9 Å². The summed E-state index contributed by atoms with van der Waals surface area (Å²) in [7, 11) is 1.69. The van der Waals surface area contributed by atoms with Crippen LogP contribution in [0.4, 0.5) is 11.6 Å². The number of hydrogen-bond donors (Lipinski definition) is 2. The second-order valence-corrected chi connectivity index (χ2v) is 4.53. The predicted molar refractivity (Wildman–Crippen MR) is 75.2 cm³/mol. The number of ether oxygens (including phenoxy) is 1. The van der Waals surface area contributed by atoms with Crippen LogP contribution in [0.15, 0.2) is 18.6 Å². The monoisotopic (exact) mass is 264 g/mol. The molecule has 0 aliphatic rings. The van der Waals surface area contributed by atoms with Crippen molar-refractivity contribution >= 4 is 17.3 Å². The summed E-state index contributed by atoms with van der Waals surface area (Å²) in [5.74, 6) is 6.86. The standard InChI is InChI=1S/C12H20N6O/c1-9(2)18(6-7-19-3)12-11-14-4-5-17(11)8-10(15-12)16-13/h4-5,8-9,16H,6-7,13H2,1-3H3. The number of rotatable bonds is 6. The molecule has 104 valence electrons. The zero-order valence-electron chi connectivity index (χ0n) is 11.5. The Kier molecular flexibility index (Phi) is 4.18. The number of hydrazine groups is 1. The summed E-state index contributed by atoms with van der Waals surface area (Å²) in [6.45, 7) is 5.60. The van der Waals surface area contributed by atoms with Crippen LogP contribution in [0.25, 0.3) is 5.65 Å². The Balaban J connectivity index is 2.47. The molecule has 2 heterocycles. The summed E-state index contributed by atoms with van der Waals surface area (Å²) in [6, 6.07) is 0.288. The molecule has 0 bridgehead atoms. The van der Waals surface area contributed by atoms with Crippen molar-refractivity contribution in [3.05, 3.63) is 18.6 Å². The lowest BCUT2D eigenvalue weighted by Gasteiger charge is -2.28. The van der Waals surface area contributed by atoms with Gasteiger partial charge in [-0.3, -0.25) is 0 Å².